The standard InChI is InChI=1S/C22H24N2OS/c1-15-7-12-19-20(13-15)26-22(24-19)17-8-10-18(11-9-17)23-21(25)14-16-5-3-2-4-6-16/h7-13,16H,2-6,14H2,1H3,(H,23,25). The molecule has 0 unspecified atom stereocenters. The molecule has 4 heteroatoms. The minimum Gasteiger partial charge on any atom is -0.326 e. The van der Waals surface area contributed by atoms with Crippen molar-refractivity contribution in [2.24, 2.45) is 5.92 Å². The van der Waals surface area contributed by atoms with Gasteiger partial charge in [-0.2, -0.15) is 0 Å². The van der Waals surface area contributed by atoms with Crippen LogP contribution in [0.15, 0.2) is 42.5 Å². The minimum atomic E-state index is 0.139. The van der Waals surface area contributed by atoms with Gasteiger partial charge in [-0.25, -0.2) is 4.98 Å². The Balaban J connectivity index is 1.43. The van der Waals surface area contributed by atoms with E-state index in [4.69, 9.17) is 4.98 Å². The number of benzene rings is 2. The van der Waals surface area contributed by atoms with Gasteiger partial charge in [0.05, 0.1) is 10.2 Å². The van der Waals surface area contributed by atoms with Gasteiger partial charge in [0, 0.05) is 17.7 Å². The molecule has 0 aliphatic heterocycles. The van der Waals surface area contributed by atoms with Crippen molar-refractivity contribution in [1.82, 2.24) is 4.98 Å². The molecular weight excluding hydrogens is 340 g/mol. The number of fused-ring (bicyclic) bond motifs is 1. The van der Waals surface area contributed by atoms with E-state index in [1.54, 1.807) is 11.3 Å². The van der Waals surface area contributed by atoms with E-state index in [1.165, 1.54) is 42.4 Å². The Hall–Kier alpha value is -2.20. The van der Waals surface area contributed by atoms with Crippen molar-refractivity contribution >= 4 is 33.1 Å². The molecule has 1 fully saturated rings. The predicted octanol–water partition coefficient (Wildman–Crippen LogP) is 6.18. The second-order valence-corrected chi connectivity index (χ2v) is 8.35. The molecule has 1 aromatic heterocycles. The van der Waals surface area contributed by atoms with Crippen molar-refractivity contribution in [3.63, 3.8) is 0 Å². The number of nitrogens with one attached hydrogen (secondary N) is 1. The molecule has 3 nitrogen and oxygen atoms in total. The molecule has 1 heterocycles. The third-order valence-electron chi connectivity index (χ3n) is 5.16. The molecule has 1 N–H and O–H groups in total. The molecule has 0 radical (unpaired) electrons. The van der Waals surface area contributed by atoms with Crippen molar-refractivity contribution in [3.05, 3.63) is 48.0 Å². The first-order valence-electron chi connectivity index (χ1n) is 9.45. The first-order chi connectivity index (χ1) is 12.7. The van der Waals surface area contributed by atoms with Gasteiger partial charge in [-0.1, -0.05) is 25.3 Å². The second kappa shape index (κ2) is 7.58. The van der Waals surface area contributed by atoms with Gasteiger partial charge in [0.15, 0.2) is 0 Å². The summed E-state index contributed by atoms with van der Waals surface area (Å²) in [5.74, 6) is 0.703. The molecule has 26 heavy (non-hydrogen) atoms. The Morgan fingerprint density at radius 3 is 2.65 bits per heavy atom. The molecule has 1 saturated carbocycles. The minimum absolute atomic E-state index is 0.139. The lowest BCUT2D eigenvalue weighted by molar-refractivity contribution is -0.117. The molecule has 1 aliphatic carbocycles. The zero-order valence-corrected chi connectivity index (χ0v) is 15.9. The number of hydrogen-bond donors (Lipinski definition) is 1. The highest BCUT2D eigenvalue weighted by Crippen LogP contribution is 2.31. The molecule has 0 saturated heterocycles. The van der Waals surface area contributed by atoms with Crippen LogP contribution < -0.4 is 5.32 Å². The summed E-state index contributed by atoms with van der Waals surface area (Å²) in [6.45, 7) is 2.10. The zero-order chi connectivity index (χ0) is 17.9. The van der Waals surface area contributed by atoms with E-state index in [2.05, 4.69) is 30.4 Å². The number of hydrogen-bond acceptors (Lipinski definition) is 3. The fraction of sp³-hybridized carbons (Fsp3) is 0.364. The molecule has 2 aromatic carbocycles. The Labute approximate surface area is 158 Å². The largest absolute Gasteiger partial charge is 0.326 e. The molecule has 0 spiro atoms. The second-order valence-electron chi connectivity index (χ2n) is 7.32. The molecule has 0 bridgehead atoms. The summed E-state index contributed by atoms with van der Waals surface area (Å²) in [4.78, 5) is 17.0. The van der Waals surface area contributed by atoms with E-state index < -0.39 is 0 Å². The maximum Gasteiger partial charge on any atom is 0.224 e. The maximum atomic E-state index is 12.3. The van der Waals surface area contributed by atoms with Crippen LogP contribution in [-0.2, 0) is 4.79 Å². The Morgan fingerprint density at radius 2 is 1.88 bits per heavy atom. The third kappa shape index (κ3) is 3.96. The van der Waals surface area contributed by atoms with Gasteiger partial charge in [0.1, 0.15) is 5.01 Å². The van der Waals surface area contributed by atoms with Gasteiger partial charge < -0.3 is 5.32 Å². The number of aromatic nitrogens is 1. The van der Waals surface area contributed by atoms with Crippen LogP contribution in [0.2, 0.25) is 0 Å². The highest BCUT2D eigenvalue weighted by Gasteiger charge is 2.17. The summed E-state index contributed by atoms with van der Waals surface area (Å²) in [6, 6.07) is 14.4. The summed E-state index contributed by atoms with van der Waals surface area (Å²) in [6.07, 6.45) is 6.92. The van der Waals surface area contributed by atoms with E-state index in [9.17, 15) is 4.79 Å². The van der Waals surface area contributed by atoms with Gasteiger partial charge in [-0.3, -0.25) is 4.79 Å². The van der Waals surface area contributed by atoms with Gasteiger partial charge in [-0.15, -0.1) is 11.3 Å². The first kappa shape index (κ1) is 17.2. The van der Waals surface area contributed by atoms with Crippen LogP contribution >= 0.6 is 11.3 Å². The molecule has 1 aliphatic rings. The van der Waals surface area contributed by atoms with Gasteiger partial charge in [-0.05, 0) is 67.6 Å². The molecular formula is C22H24N2OS. The lowest BCUT2D eigenvalue weighted by Gasteiger charge is -2.20. The van der Waals surface area contributed by atoms with Crippen LogP contribution in [-0.4, -0.2) is 10.9 Å². The Kier molecular flexibility index (Phi) is 5.02. The zero-order valence-electron chi connectivity index (χ0n) is 15.1. The van der Waals surface area contributed by atoms with Gasteiger partial charge >= 0.3 is 0 Å². The van der Waals surface area contributed by atoms with E-state index in [-0.39, 0.29) is 5.91 Å². The van der Waals surface area contributed by atoms with E-state index in [1.807, 2.05) is 24.3 Å². The number of amides is 1. The summed E-state index contributed by atoms with van der Waals surface area (Å²) < 4.78 is 1.21. The van der Waals surface area contributed by atoms with E-state index in [0.29, 0.717) is 12.3 Å². The lowest BCUT2D eigenvalue weighted by Crippen LogP contribution is -2.18. The van der Waals surface area contributed by atoms with Crippen molar-refractivity contribution in [1.29, 1.82) is 0 Å². The van der Waals surface area contributed by atoms with E-state index in [0.717, 1.165) is 21.8 Å². The first-order valence-corrected chi connectivity index (χ1v) is 10.3. The number of nitrogens with zero attached hydrogens (tertiary/aromatic N) is 1. The fourth-order valence-electron chi connectivity index (χ4n) is 3.72. The number of carbonyl (C=O) groups is 1. The molecule has 0 atom stereocenters. The van der Waals surface area contributed by atoms with Crippen LogP contribution in [0, 0.1) is 12.8 Å². The smallest absolute Gasteiger partial charge is 0.224 e. The lowest BCUT2D eigenvalue weighted by atomic mass is 9.87. The number of anilines is 1. The van der Waals surface area contributed by atoms with Crippen LogP contribution in [0.1, 0.15) is 44.1 Å². The Bertz CT molecular complexity index is 908. The predicted molar refractivity (Wildman–Crippen MR) is 110 cm³/mol. The topological polar surface area (TPSA) is 42.0 Å². The average Bonchev–Trinajstić information content (AvgIpc) is 3.06. The van der Waals surface area contributed by atoms with Crippen molar-refractivity contribution in [3.8, 4) is 10.6 Å². The van der Waals surface area contributed by atoms with Crippen LogP contribution in [0.5, 0.6) is 0 Å². The van der Waals surface area contributed by atoms with Crippen LogP contribution in [0.4, 0.5) is 5.69 Å². The molecule has 4 rings (SSSR count). The highest BCUT2D eigenvalue weighted by atomic mass is 32.1. The summed E-state index contributed by atoms with van der Waals surface area (Å²) in [5, 5.41) is 4.07. The maximum absolute atomic E-state index is 12.3. The average molecular weight is 365 g/mol. The number of rotatable bonds is 4. The molecule has 1 amide bonds. The van der Waals surface area contributed by atoms with Crippen LogP contribution in [0.3, 0.4) is 0 Å². The number of thiazole rings is 1. The van der Waals surface area contributed by atoms with Crippen LogP contribution in [0.25, 0.3) is 20.8 Å². The third-order valence-corrected chi connectivity index (χ3v) is 6.23. The van der Waals surface area contributed by atoms with Gasteiger partial charge in [0.2, 0.25) is 5.91 Å². The van der Waals surface area contributed by atoms with E-state index >= 15 is 0 Å². The summed E-state index contributed by atoms with van der Waals surface area (Å²) in [5.41, 5.74) is 4.25. The summed E-state index contributed by atoms with van der Waals surface area (Å²) >= 11 is 1.71. The number of carbonyl (C=O) groups excluding carboxylic acids is 1. The van der Waals surface area contributed by atoms with Crippen molar-refractivity contribution in [2.45, 2.75) is 45.4 Å². The highest BCUT2D eigenvalue weighted by molar-refractivity contribution is 7.21. The quantitative estimate of drug-likeness (QED) is 0.600. The van der Waals surface area contributed by atoms with Crippen molar-refractivity contribution in [2.75, 3.05) is 5.32 Å². The monoisotopic (exact) mass is 364 g/mol. The molecule has 134 valence electrons. The number of aryl methyl sites for hydroxylation is 1. The van der Waals surface area contributed by atoms with Gasteiger partial charge in [0.25, 0.3) is 0 Å². The summed E-state index contributed by atoms with van der Waals surface area (Å²) in [7, 11) is 0. The SMILES string of the molecule is Cc1ccc2nc(-c3ccc(NC(=O)CC4CCCCC4)cc3)sc2c1. The molecule has 3 aromatic rings. The fourth-order valence-corrected chi connectivity index (χ4v) is 4.79. The Morgan fingerprint density at radius 1 is 1.12 bits per heavy atom. The normalized spacial score (nSPS) is 15.3. The van der Waals surface area contributed by atoms with Crippen molar-refractivity contribution < 1.29 is 4.79 Å².